The third-order valence-electron chi connectivity index (χ3n) is 2.06. The van der Waals surface area contributed by atoms with Gasteiger partial charge in [-0.05, 0) is 23.8 Å². The van der Waals surface area contributed by atoms with Crippen LogP contribution in [-0.4, -0.2) is 11.1 Å². The summed E-state index contributed by atoms with van der Waals surface area (Å²) in [6.45, 7) is 0. The number of aromatic nitrogens is 1. The number of isocyanates is 1. The molecule has 1 aromatic carbocycles. The molecule has 0 saturated heterocycles. The lowest BCUT2D eigenvalue weighted by atomic mass is 10.1. The molecule has 2 aromatic rings. The fourth-order valence-corrected chi connectivity index (χ4v) is 1.77. The Hall–Kier alpha value is -1.77. The molecule has 0 aliphatic rings. The molecule has 0 bridgehead atoms. The first-order valence-electron chi connectivity index (χ1n) is 4.58. The summed E-state index contributed by atoms with van der Waals surface area (Å²) >= 11 is 3.40. The van der Waals surface area contributed by atoms with Crippen molar-refractivity contribution in [3.8, 4) is 11.1 Å². The van der Waals surface area contributed by atoms with Crippen LogP contribution < -0.4 is 0 Å². The van der Waals surface area contributed by atoms with Crippen LogP contribution in [0.3, 0.4) is 0 Å². The van der Waals surface area contributed by atoms with E-state index in [1.165, 1.54) is 12.3 Å². The minimum Gasteiger partial charge on any atom is -0.262 e. The Bertz CT molecular complexity index is 562. The molecule has 0 aliphatic carbocycles. The number of carbonyl (C=O) groups excluding carboxylic acids is 1. The average molecular weight is 275 g/mol. The van der Waals surface area contributed by atoms with E-state index in [4.69, 9.17) is 0 Å². The molecular weight excluding hydrogens is 268 g/mol. The third kappa shape index (κ3) is 2.42. The van der Waals surface area contributed by atoms with Crippen molar-refractivity contribution in [2.75, 3.05) is 0 Å². The highest BCUT2D eigenvalue weighted by atomic mass is 79.9. The zero-order chi connectivity index (χ0) is 11.4. The van der Waals surface area contributed by atoms with Gasteiger partial charge in [-0.1, -0.05) is 28.1 Å². The zero-order valence-corrected chi connectivity index (χ0v) is 9.81. The highest BCUT2D eigenvalue weighted by molar-refractivity contribution is 9.10. The second-order valence-electron chi connectivity index (χ2n) is 3.15. The van der Waals surface area contributed by atoms with Crippen LogP contribution in [0.5, 0.6) is 0 Å². The second-order valence-corrected chi connectivity index (χ2v) is 4.06. The molecule has 0 atom stereocenters. The van der Waals surface area contributed by atoms with Gasteiger partial charge in [-0.25, -0.2) is 4.79 Å². The molecule has 1 aromatic heterocycles. The molecule has 0 amide bonds. The van der Waals surface area contributed by atoms with Crippen molar-refractivity contribution in [2.45, 2.75) is 0 Å². The van der Waals surface area contributed by atoms with Crippen LogP contribution in [0.15, 0.2) is 52.2 Å². The molecule has 0 unspecified atom stereocenters. The monoisotopic (exact) mass is 274 g/mol. The predicted octanol–water partition coefficient (Wildman–Crippen LogP) is 3.48. The van der Waals surface area contributed by atoms with E-state index in [9.17, 15) is 4.79 Å². The highest BCUT2D eigenvalue weighted by Crippen LogP contribution is 2.24. The normalized spacial score (nSPS) is 9.56. The summed E-state index contributed by atoms with van der Waals surface area (Å²) in [6.07, 6.45) is 4.75. The highest BCUT2D eigenvalue weighted by Gasteiger charge is 2.00. The lowest BCUT2D eigenvalue weighted by molar-refractivity contribution is 0.565. The summed E-state index contributed by atoms with van der Waals surface area (Å²) in [5.74, 6) is 0. The van der Waals surface area contributed by atoms with E-state index in [-0.39, 0.29) is 0 Å². The van der Waals surface area contributed by atoms with Crippen molar-refractivity contribution < 1.29 is 4.79 Å². The van der Waals surface area contributed by atoms with Gasteiger partial charge < -0.3 is 0 Å². The Morgan fingerprint density at radius 3 is 2.81 bits per heavy atom. The van der Waals surface area contributed by atoms with E-state index in [2.05, 4.69) is 25.9 Å². The SMILES string of the molecule is O=C=Nc1cncc(-c2cccc(Br)c2)c1. The molecule has 0 aliphatic heterocycles. The number of hydrogen-bond donors (Lipinski definition) is 0. The number of benzene rings is 1. The van der Waals surface area contributed by atoms with Crippen LogP contribution in [-0.2, 0) is 4.79 Å². The summed E-state index contributed by atoms with van der Waals surface area (Å²) in [5.41, 5.74) is 2.44. The molecule has 4 heteroatoms. The number of halogens is 1. The van der Waals surface area contributed by atoms with Gasteiger partial charge in [0.05, 0.1) is 11.9 Å². The standard InChI is InChI=1S/C12H7BrN2O/c13-11-3-1-2-9(4-11)10-5-12(15-8-16)7-14-6-10/h1-7H. The topological polar surface area (TPSA) is 42.3 Å². The Kier molecular flexibility index (Phi) is 3.25. The summed E-state index contributed by atoms with van der Waals surface area (Å²) in [6, 6.07) is 9.63. The van der Waals surface area contributed by atoms with Gasteiger partial charge in [0, 0.05) is 16.2 Å². The third-order valence-corrected chi connectivity index (χ3v) is 2.55. The summed E-state index contributed by atoms with van der Waals surface area (Å²) < 4.78 is 0.995. The molecule has 16 heavy (non-hydrogen) atoms. The smallest absolute Gasteiger partial charge is 0.240 e. The minimum absolute atomic E-state index is 0.507. The first-order chi connectivity index (χ1) is 7.79. The second kappa shape index (κ2) is 4.84. The van der Waals surface area contributed by atoms with Gasteiger partial charge >= 0.3 is 0 Å². The van der Waals surface area contributed by atoms with Gasteiger partial charge in [-0.3, -0.25) is 4.98 Å². The van der Waals surface area contributed by atoms with Gasteiger partial charge in [0.1, 0.15) is 0 Å². The molecule has 2 rings (SSSR count). The fraction of sp³-hybridized carbons (Fsp3) is 0. The molecule has 0 radical (unpaired) electrons. The Labute approximate surface area is 101 Å². The van der Waals surface area contributed by atoms with Gasteiger partial charge in [-0.2, -0.15) is 4.99 Å². The zero-order valence-electron chi connectivity index (χ0n) is 8.22. The van der Waals surface area contributed by atoms with Crippen molar-refractivity contribution in [3.05, 3.63) is 47.2 Å². The lowest BCUT2D eigenvalue weighted by Crippen LogP contribution is -1.79. The summed E-state index contributed by atoms with van der Waals surface area (Å²) in [7, 11) is 0. The van der Waals surface area contributed by atoms with Crippen molar-refractivity contribution >= 4 is 27.7 Å². The van der Waals surface area contributed by atoms with E-state index < -0.39 is 0 Å². The summed E-state index contributed by atoms with van der Waals surface area (Å²) in [5, 5.41) is 0. The molecule has 0 saturated carbocycles. The molecule has 0 N–H and O–H groups in total. The first kappa shape index (κ1) is 10.7. The van der Waals surface area contributed by atoms with Crippen molar-refractivity contribution in [1.82, 2.24) is 4.98 Å². The van der Waals surface area contributed by atoms with Crippen LogP contribution in [0.2, 0.25) is 0 Å². The number of pyridine rings is 1. The lowest BCUT2D eigenvalue weighted by Gasteiger charge is -2.01. The van der Waals surface area contributed by atoms with Crippen molar-refractivity contribution in [3.63, 3.8) is 0 Å². The Balaban J connectivity index is 2.48. The van der Waals surface area contributed by atoms with Crippen LogP contribution in [0.4, 0.5) is 5.69 Å². The number of hydrogen-bond acceptors (Lipinski definition) is 3. The minimum atomic E-state index is 0.507. The fourth-order valence-electron chi connectivity index (χ4n) is 1.37. The van der Waals surface area contributed by atoms with Gasteiger partial charge in [0.15, 0.2) is 0 Å². The van der Waals surface area contributed by atoms with E-state index >= 15 is 0 Å². The van der Waals surface area contributed by atoms with E-state index in [1.54, 1.807) is 12.3 Å². The maximum atomic E-state index is 10.1. The predicted molar refractivity (Wildman–Crippen MR) is 65.2 cm³/mol. The molecule has 78 valence electrons. The van der Waals surface area contributed by atoms with Crippen LogP contribution in [0, 0.1) is 0 Å². The van der Waals surface area contributed by atoms with Crippen LogP contribution in [0.1, 0.15) is 0 Å². The molecule has 3 nitrogen and oxygen atoms in total. The molecule has 0 fully saturated rings. The average Bonchev–Trinajstić information content (AvgIpc) is 2.30. The molecule has 0 spiro atoms. The van der Waals surface area contributed by atoms with Gasteiger partial charge in [0.2, 0.25) is 6.08 Å². The summed E-state index contributed by atoms with van der Waals surface area (Å²) in [4.78, 5) is 17.7. The Morgan fingerprint density at radius 1 is 1.19 bits per heavy atom. The maximum absolute atomic E-state index is 10.1. The van der Waals surface area contributed by atoms with Crippen molar-refractivity contribution in [1.29, 1.82) is 0 Å². The van der Waals surface area contributed by atoms with E-state index in [0.29, 0.717) is 5.69 Å². The number of aliphatic imine (C=N–C) groups is 1. The van der Waals surface area contributed by atoms with Crippen LogP contribution >= 0.6 is 15.9 Å². The van der Waals surface area contributed by atoms with Gasteiger partial charge in [0.25, 0.3) is 0 Å². The quantitative estimate of drug-likeness (QED) is 0.622. The Morgan fingerprint density at radius 2 is 2.06 bits per heavy atom. The maximum Gasteiger partial charge on any atom is 0.240 e. The van der Waals surface area contributed by atoms with E-state index in [0.717, 1.165) is 15.6 Å². The molecule has 1 heterocycles. The van der Waals surface area contributed by atoms with Crippen molar-refractivity contribution in [2.24, 2.45) is 4.99 Å². The largest absolute Gasteiger partial charge is 0.262 e. The number of rotatable bonds is 2. The first-order valence-corrected chi connectivity index (χ1v) is 5.38. The molecular formula is C12H7BrN2O. The van der Waals surface area contributed by atoms with Gasteiger partial charge in [-0.15, -0.1) is 0 Å². The van der Waals surface area contributed by atoms with Crippen LogP contribution in [0.25, 0.3) is 11.1 Å². The number of nitrogens with zero attached hydrogens (tertiary/aromatic N) is 2. The van der Waals surface area contributed by atoms with E-state index in [1.807, 2.05) is 24.3 Å².